The topological polar surface area (TPSA) is 46.9 Å². The van der Waals surface area contributed by atoms with E-state index in [0.29, 0.717) is 17.1 Å². The second kappa shape index (κ2) is 7.53. The smallest absolute Gasteiger partial charge is 0.254 e. The van der Waals surface area contributed by atoms with Crippen molar-refractivity contribution in [3.63, 3.8) is 0 Å². The number of carbonyl (C=O) groups excluding carboxylic acids is 1. The van der Waals surface area contributed by atoms with E-state index in [-0.39, 0.29) is 5.91 Å². The zero-order valence-electron chi connectivity index (χ0n) is 14.3. The number of nitrogens with zero attached hydrogens (tertiary/aromatic N) is 2. The Kier molecular flexibility index (Phi) is 5.19. The van der Waals surface area contributed by atoms with Gasteiger partial charge in [0.15, 0.2) is 0 Å². The van der Waals surface area contributed by atoms with E-state index in [4.69, 9.17) is 11.6 Å². The molecule has 4 nitrogen and oxygen atoms in total. The molecule has 0 aliphatic heterocycles. The number of aryl methyl sites for hydroxylation is 1. The number of aromatic nitrogens is 2. The van der Waals surface area contributed by atoms with Crippen LogP contribution in [0.1, 0.15) is 27.2 Å². The summed E-state index contributed by atoms with van der Waals surface area (Å²) in [5.74, 6) is -0.106. The van der Waals surface area contributed by atoms with Gasteiger partial charge < -0.3 is 5.32 Å². The molecule has 1 heterocycles. The van der Waals surface area contributed by atoms with Crippen molar-refractivity contribution in [1.29, 1.82) is 0 Å². The Morgan fingerprint density at radius 1 is 1.16 bits per heavy atom. The third-order valence-electron chi connectivity index (χ3n) is 4.11. The van der Waals surface area contributed by atoms with Crippen molar-refractivity contribution in [3.8, 4) is 5.69 Å². The Bertz CT molecular complexity index is 884. The largest absolute Gasteiger partial charge is 0.352 e. The molecular formula is C20H20ClN3O. The highest BCUT2D eigenvalue weighted by molar-refractivity contribution is 6.30. The van der Waals surface area contributed by atoms with Gasteiger partial charge in [0.05, 0.1) is 23.1 Å². The lowest BCUT2D eigenvalue weighted by Crippen LogP contribution is -2.26. The lowest BCUT2D eigenvalue weighted by molar-refractivity contribution is 0.0953. The minimum Gasteiger partial charge on any atom is -0.352 e. The average molecular weight is 354 g/mol. The molecule has 25 heavy (non-hydrogen) atoms. The van der Waals surface area contributed by atoms with E-state index < -0.39 is 0 Å². The highest BCUT2D eigenvalue weighted by Crippen LogP contribution is 2.15. The Labute approximate surface area is 152 Å². The summed E-state index contributed by atoms with van der Waals surface area (Å²) in [4.78, 5) is 12.4. The van der Waals surface area contributed by atoms with Gasteiger partial charge in [-0.3, -0.25) is 4.79 Å². The molecule has 0 spiro atoms. The number of hydrogen-bond acceptors (Lipinski definition) is 2. The second-order valence-corrected chi connectivity index (χ2v) is 6.46. The number of hydrogen-bond donors (Lipinski definition) is 1. The van der Waals surface area contributed by atoms with Crippen LogP contribution in [0.4, 0.5) is 0 Å². The normalized spacial score (nSPS) is 10.7. The zero-order valence-corrected chi connectivity index (χ0v) is 15.0. The maximum atomic E-state index is 12.4. The van der Waals surface area contributed by atoms with E-state index in [1.165, 1.54) is 0 Å². The third kappa shape index (κ3) is 4.09. The van der Waals surface area contributed by atoms with E-state index in [1.807, 2.05) is 62.4 Å². The van der Waals surface area contributed by atoms with E-state index in [0.717, 1.165) is 28.9 Å². The molecule has 0 saturated carbocycles. The molecule has 2 aromatic carbocycles. The van der Waals surface area contributed by atoms with Crippen molar-refractivity contribution in [1.82, 2.24) is 15.1 Å². The number of halogens is 1. The highest BCUT2D eigenvalue weighted by atomic mass is 35.5. The monoisotopic (exact) mass is 353 g/mol. The van der Waals surface area contributed by atoms with Crippen molar-refractivity contribution in [2.75, 3.05) is 6.54 Å². The van der Waals surface area contributed by atoms with E-state index in [9.17, 15) is 4.79 Å². The molecule has 0 bridgehead atoms. The zero-order chi connectivity index (χ0) is 17.8. The van der Waals surface area contributed by atoms with Gasteiger partial charge in [-0.1, -0.05) is 35.9 Å². The van der Waals surface area contributed by atoms with Crippen molar-refractivity contribution in [3.05, 3.63) is 82.1 Å². The molecular weight excluding hydrogens is 334 g/mol. The summed E-state index contributed by atoms with van der Waals surface area (Å²) in [6.07, 6.45) is 2.38. The van der Waals surface area contributed by atoms with Crippen molar-refractivity contribution in [2.24, 2.45) is 0 Å². The quantitative estimate of drug-likeness (QED) is 0.750. The van der Waals surface area contributed by atoms with Crippen molar-refractivity contribution >= 4 is 17.5 Å². The fraction of sp³-hybridized carbons (Fsp3) is 0.200. The fourth-order valence-electron chi connectivity index (χ4n) is 2.72. The van der Waals surface area contributed by atoms with Crippen LogP contribution >= 0.6 is 11.6 Å². The number of amides is 1. The Hall–Kier alpha value is -2.59. The number of rotatable bonds is 5. The first-order valence-corrected chi connectivity index (χ1v) is 8.56. The van der Waals surface area contributed by atoms with Gasteiger partial charge in [-0.2, -0.15) is 5.10 Å². The van der Waals surface area contributed by atoms with Gasteiger partial charge in [0.1, 0.15) is 0 Å². The van der Waals surface area contributed by atoms with Crippen LogP contribution in [0.15, 0.2) is 54.7 Å². The highest BCUT2D eigenvalue weighted by Gasteiger charge is 2.14. The van der Waals surface area contributed by atoms with Crippen molar-refractivity contribution < 1.29 is 4.79 Å². The lowest BCUT2D eigenvalue weighted by Gasteiger charge is -2.07. The maximum absolute atomic E-state index is 12.4. The first kappa shape index (κ1) is 17.2. The predicted molar refractivity (Wildman–Crippen MR) is 101 cm³/mol. The Morgan fingerprint density at radius 2 is 1.92 bits per heavy atom. The molecule has 0 unspecified atom stereocenters. The van der Waals surface area contributed by atoms with Gasteiger partial charge >= 0.3 is 0 Å². The van der Waals surface area contributed by atoms with Crippen LogP contribution in [0.5, 0.6) is 0 Å². The molecule has 3 rings (SSSR count). The summed E-state index contributed by atoms with van der Waals surface area (Å²) in [5, 5.41) is 8.03. The first-order chi connectivity index (χ1) is 12.0. The molecule has 1 N–H and O–H groups in total. The summed E-state index contributed by atoms with van der Waals surface area (Å²) in [6.45, 7) is 4.51. The van der Waals surface area contributed by atoms with Crippen LogP contribution in [-0.2, 0) is 6.42 Å². The molecule has 0 fully saturated rings. The van der Waals surface area contributed by atoms with Crippen LogP contribution in [0.25, 0.3) is 5.69 Å². The molecule has 1 aromatic heterocycles. The van der Waals surface area contributed by atoms with Crippen LogP contribution in [0.3, 0.4) is 0 Å². The summed E-state index contributed by atoms with van der Waals surface area (Å²) < 4.78 is 1.79. The predicted octanol–water partition coefficient (Wildman–Crippen LogP) is 4.12. The van der Waals surface area contributed by atoms with Crippen molar-refractivity contribution in [2.45, 2.75) is 20.3 Å². The molecule has 128 valence electrons. The number of nitrogens with one attached hydrogen (secondary N) is 1. The van der Waals surface area contributed by atoms with Crippen LogP contribution in [0, 0.1) is 13.8 Å². The van der Waals surface area contributed by atoms with Crippen LogP contribution in [0.2, 0.25) is 5.02 Å². The maximum Gasteiger partial charge on any atom is 0.254 e. The summed E-state index contributed by atoms with van der Waals surface area (Å²) in [6, 6.07) is 15.7. The van der Waals surface area contributed by atoms with E-state index >= 15 is 0 Å². The number of benzene rings is 2. The second-order valence-electron chi connectivity index (χ2n) is 6.03. The summed E-state index contributed by atoms with van der Waals surface area (Å²) in [7, 11) is 0. The average Bonchev–Trinajstić information content (AvgIpc) is 2.98. The molecule has 0 aliphatic carbocycles. The minimum atomic E-state index is -0.106. The third-order valence-corrected chi connectivity index (χ3v) is 4.37. The van der Waals surface area contributed by atoms with Crippen LogP contribution in [-0.4, -0.2) is 22.2 Å². The molecule has 0 radical (unpaired) electrons. The van der Waals surface area contributed by atoms with E-state index in [1.54, 1.807) is 10.9 Å². The van der Waals surface area contributed by atoms with Gasteiger partial charge in [0, 0.05) is 11.6 Å². The van der Waals surface area contributed by atoms with Gasteiger partial charge in [-0.05, 0) is 55.7 Å². The summed E-state index contributed by atoms with van der Waals surface area (Å²) >= 11 is 5.88. The molecule has 0 aliphatic rings. The van der Waals surface area contributed by atoms with Gasteiger partial charge in [0.2, 0.25) is 0 Å². The first-order valence-electron chi connectivity index (χ1n) is 8.19. The standard InChI is InChI=1S/C20H20ClN3O/c1-14-4-3-5-18(12-14)24-15(2)19(13-23-24)20(25)22-11-10-16-6-8-17(21)9-7-16/h3-9,12-13H,10-11H2,1-2H3,(H,22,25). The fourth-order valence-corrected chi connectivity index (χ4v) is 2.85. The van der Waals surface area contributed by atoms with Gasteiger partial charge in [-0.15, -0.1) is 0 Å². The molecule has 5 heteroatoms. The number of carbonyl (C=O) groups is 1. The van der Waals surface area contributed by atoms with Gasteiger partial charge in [0.25, 0.3) is 5.91 Å². The van der Waals surface area contributed by atoms with Gasteiger partial charge in [-0.25, -0.2) is 4.68 Å². The minimum absolute atomic E-state index is 0.106. The summed E-state index contributed by atoms with van der Waals surface area (Å²) in [5.41, 5.74) is 4.67. The molecule has 3 aromatic rings. The molecule has 1 amide bonds. The lowest BCUT2D eigenvalue weighted by atomic mass is 10.1. The van der Waals surface area contributed by atoms with Crippen LogP contribution < -0.4 is 5.32 Å². The Balaban J connectivity index is 1.65. The molecule has 0 saturated heterocycles. The SMILES string of the molecule is Cc1cccc(-n2ncc(C(=O)NCCc3ccc(Cl)cc3)c2C)c1. The Morgan fingerprint density at radius 3 is 2.64 bits per heavy atom. The van der Waals surface area contributed by atoms with E-state index in [2.05, 4.69) is 10.4 Å². The molecule has 0 atom stereocenters.